The summed E-state index contributed by atoms with van der Waals surface area (Å²) in [4.78, 5) is 11.3. The summed E-state index contributed by atoms with van der Waals surface area (Å²) in [5, 5.41) is 2.10. The zero-order valence-corrected chi connectivity index (χ0v) is 10.1. The van der Waals surface area contributed by atoms with Crippen LogP contribution < -0.4 is 10.1 Å². The summed E-state index contributed by atoms with van der Waals surface area (Å²) < 4.78 is 32.1. The van der Waals surface area contributed by atoms with Gasteiger partial charge in [0.1, 0.15) is 5.75 Å². The second kappa shape index (κ2) is 5.86. The molecule has 0 bridgehead atoms. The number of nitrogens with one attached hydrogen (secondary N) is 1. The van der Waals surface area contributed by atoms with Crippen molar-refractivity contribution in [3.63, 3.8) is 0 Å². The predicted molar refractivity (Wildman–Crippen MR) is 63.8 cm³/mol. The van der Waals surface area contributed by atoms with E-state index in [0.717, 1.165) is 0 Å². The number of ether oxygens (including phenoxy) is 1. The number of alkyl halides is 2. The van der Waals surface area contributed by atoms with Gasteiger partial charge in [-0.1, -0.05) is 0 Å². The third-order valence-electron chi connectivity index (χ3n) is 2.14. The number of thiol groups is 1. The van der Waals surface area contributed by atoms with Crippen molar-refractivity contribution < 1.29 is 18.3 Å². The smallest absolute Gasteiger partial charge is 0.349 e. The summed E-state index contributed by atoms with van der Waals surface area (Å²) in [6.45, 7) is 0.105. The number of halogens is 2. The van der Waals surface area contributed by atoms with Crippen LogP contribution in [0.2, 0.25) is 0 Å². The molecule has 0 spiro atoms. The van der Waals surface area contributed by atoms with E-state index in [9.17, 15) is 13.6 Å². The monoisotopic (exact) mass is 261 g/mol. The molecule has 0 radical (unpaired) electrons. The fourth-order valence-corrected chi connectivity index (χ4v) is 1.32. The van der Waals surface area contributed by atoms with Crippen molar-refractivity contribution in [2.75, 3.05) is 19.4 Å². The molecular weight excluding hydrogens is 248 g/mol. The van der Waals surface area contributed by atoms with Gasteiger partial charge in [-0.2, -0.15) is 21.4 Å². The lowest BCUT2D eigenvalue weighted by atomic mass is 10.1. The van der Waals surface area contributed by atoms with Crippen molar-refractivity contribution in [1.29, 1.82) is 0 Å². The van der Waals surface area contributed by atoms with Crippen LogP contribution in [0.3, 0.4) is 0 Å². The third-order valence-corrected chi connectivity index (χ3v) is 2.36. The second-order valence-corrected chi connectivity index (χ2v) is 3.73. The molecule has 0 aliphatic carbocycles. The Kier molecular flexibility index (Phi) is 4.74. The molecule has 6 heteroatoms. The van der Waals surface area contributed by atoms with Gasteiger partial charge in [0, 0.05) is 17.9 Å². The van der Waals surface area contributed by atoms with Crippen molar-refractivity contribution in [1.82, 2.24) is 5.32 Å². The first kappa shape index (κ1) is 13.8. The van der Waals surface area contributed by atoms with Gasteiger partial charge in [-0.3, -0.25) is 4.79 Å². The molecule has 0 aliphatic rings. The van der Waals surface area contributed by atoms with Crippen LogP contribution in [0.5, 0.6) is 5.75 Å². The molecule has 0 unspecified atom stereocenters. The molecule has 1 amide bonds. The van der Waals surface area contributed by atoms with E-state index in [4.69, 9.17) is 4.74 Å². The zero-order chi connectivity index (χ0) is 12.9. The minimum absolute atomic E-state index is 0.105. The lowest BCUT2D eigenvalue weighted by Gasteiger charge is -2.16. The second-order valence-electron chi connectivity index (χ2n) is 3.28. The molecule has 1 aromatic carbocycles. The molecule has 0 saturated carbocycles. The quantitative estimate of drug-likeness (QED) is 0.794. The van der Waals surface area contributed by atoms with E-state index < -0.39 is 11.8 Å². The molecule has 1 aromatic rings. The Labute approximate surface area is 104 Å². The maximum atomic E-state index is 13.6. The predicted octanol–water partition coefficient (Wildman–Crippen LogP) is 1.83. The van der Waals surface area contributed by atoms with Gasteiger partial charge in [-0.15, -0.1) is 0 Å². The van der Waals surface area contributed by atoms with Crippen LogP contribution in [-0.2, 0) is 10.7 Å². The Morgan fingerprint density at radius 2 is 2.00 bits per heavy atom. The SMILES string of the molecule is COc1ccc(C(F)(F)C(=O)NCCS)cc1. The van der Waals surface area contributed by atoms with Gasteiger partial charge in [0.2, 0.25) is 0 Å². The van der Waals surface area contributed by atoms with E-state index in [0.29, 0.717) is 11.5 Å². The number of hydrogen-bond acceptors (Lipinski definition) is 3. The number of methoxy groups -OCH3 is 1. The normalized spacial score (nSPS) is 11.1. The van der Waals surface area contributed by atoms with Crippen LogP contribution in [0.15, 0.2) is 24.3 Å². The standard InChI is InChI=1S/C11H13F2NO2S/c1-16-9-4-2-8(3-5-9)11(12,13)10(15)14-6-7-17/h2-5,17H,6-7H2,1H3,(H,14,15). The zero-order valence-electron chi connectivity index (χ0n) is 9.24. The average molecular weight is 261 g/mol. The van der Waals surface area contributed by atoms with Gasteiger partial charge in [0.05, 0.1) is 7.11 Å². The minimum atomic E-state index is -3.55. The van der Waals surface area contributed by atoms with Gasteiger partial charge in [-0.05, 0) is 24.3 Å². The summed E-state index contributed by atoms with van der Waals surface area (Å²) in [5.74, 6) is -4.10. The topological polar surface area (TPSA) is 38.3 Å². The van der Waals surface area contributed by atoms with Gasteiger partial charge >= 0.3 is 5.92 Å². The lowest BCUT2D eigenvalue weighted by Crippen LogP contribution is -2.38. The van der Waals surface area contributed by atoms with Gasteiger partial charge in [-0.25, -0.2) is 0 Å². The average Bonchev–Trinajstić information content (AvgIpc) is 2.35. The Morgan fingerprint density at radius 3 is 2.47 bits per heavy atom. The van der Waals surface area contributed by atoms with Crippen molar-refractivity contribution >= 4 is 18.5 Å². The van der Waals surface area contributed by atoms with Crippen molar-refractivity contribution in [2.45, 2.75) is 5.92 Å². The summed E-state index contributed by atoms with van der Waals surface area (Å²) in [5.41, 5.74) is -0.366. The van der Waals surface area contributed by atoms with Crippen LogP contribution >= 0.6 is 12.6 Å². The van der Waals surface area contributed by atoms with Crippen molar-refractivity contribution in [3.05, 3.63) is 29.8 Å². The lowest BCUT2D eigenvalue weighted by molar-refractivity contribution is -0.146. The summed E-state index contributed by atoms with van der Waals surface area (Å²) in [6.07, 6.45) is 0. The minimum Gasteiger partial charge on any atom is -0.497 e. The highest BCUT2D eigenvalue weighted by molar-refractivity contribution is 7.80. The molecule has 0 saturated heterocycles. The van der Waals surface area contributed by atoms with Crippen molar-refractivity contribution in [2.24, 2.45) is 0 Å². The molecule has 1 rings (SSSR count). The number of carbonyl (C=O) groups is 1. The maximum Gasteiger partial charge on any atom is 0.349 e. The number of carbonyl (C=O) groups excluding carboxylic acids is 1. The molecule has 0 fully saturated rings. The third kappa shape index (κ3) is 3.33. The first-order valence-corrected chi connectivity index (χ1v) is 5.57. The van der Waals surface area contributed by atoms with Crippen molar-refractivity contribution in [3.8, 4) is 5.75 Å². The first-order valence-electron chi connectivity index (χ1n) is 4.94. The summed E-state index contributed by atoms with van der Waals surface area (Å²) in [6, 6.07) is 5.10. The van der Waals surface area contributed by atoms with Gasteiger partial charge < -0.3 is 10.1 Å². The molecule has 0 aromatic heterocycles. The number of hydrogen-bond donors (Lipinski definition) is 2. The molecule has 3 nitrogen and oxygen atoms in total. The number of benzene rings is 1. The largest absolute Gasteiger partial charge is 0.497 e. The fraction of sp³-hybridized carbons (Fsp3) is 0.364. The fourth-order valence-electron chi connectivity index (χ4n) is 1.21. The Bertz CT molecular complexity index is 382. The Morgan fingerprint density at radius 1 is 1.41 bits per heavy atom. The van der Waals surface area contributed by atoms with E-state index in [1.807, 2.05) is 0 Å². The van der Waals surface area contributed by atoms with Crippen LogP contribution in [0, 0.1) is 0 Å². The summed E-state index contributed by atoms with van der Waals surface area (Å²) >= 11 is 3.83. The van der Waals surface area contributed by atoms with Gasteiger partial charge in [0.25, 0.3) is 5.91 Å². The van der Waals surface area contributed by atoms with E-state index in [2.05, 4.69) is 17.9 Å². The molecule has 17 heavy (non-hydrogen) atoms. The maximum absolute atomic E-state index is 13.6. The first-order chi connectivity index (χ1) is 8.02. The van der Waals surface area contributed by atoms with E-state index in [-0.39, 0.29) is 12.1 Å². The number of rotatable bonds is 5. The van der Waals surface area contributed by atoms with E-state index >= 15 is 0 Å². The molecule has 1 N–H and O–H groups in total. The van der Waals surface area contributed by atoms with E-state index in [1.54, 1.807) is 0 Å². The Hall–Kier alpha value is -1.30. The molecule has 0 heterocycles. The van der Waals surface area contributed by atoms with Gasteiger partial charge in [0.15, 0.2) is 0 Å². The van der Waals surface area contributed by atoms with E-state index in [1.165, 1.54) is 31.4 Å². The van der Waals surface area contributed by atoms with Crippen LogP contribution in [0.4, 0.5) is 8.78 Å². The molecule has 94 valence electrons. The molecule has 0 atom stereocenters. The Balaban J connectivity index is 2.83. The van der Waals surface area contributed by atoms with Crippen LogP contribution in [-0.4, -0.2) is 25.3 Å². The summed E-state index contributed by atoms with van der Waals surface area (Å²) in [7, 11) is 1.44. The molecular formula is C11H13F2NO2S. The highest BCUT2D eigenvalue weighted by atomic mass is 32.1. The van der Waals surface area contributed by atoms with Crippen LogP contribution in [0.25, 0.3) is 0 Å². The number of amides is 1. The highest BCUT2D eigenvalue weighted by Crippen LogP contribution is 2.29. The molecule has 0 aliphatic heterocycles. The highest BCUT2D eigenvalue weighted by Gasteiger charge is 2.40. The van der Waals surface area contributed by atoms with Crippen LogP contribution in [0.1, 0.15) is 5.56 Å².